The molecule has 2 aromatic carbocycles. The number of rotatable bonds is 19. The van der Waals surface area contributed by atoms with Crippen LogP contribution in [0.5, 0.6) is 5.75 Å². The van der Waals surface area contributed by atoms with Gasteiger partial charge >= 0.3 is 11.9 Å². The number of nitrogens with zero attached hydrogens (tertiary/aromatic N) is 10. The number of methoxy groups -OCH3 is 1. The maximum atomic E-state index is 5.62. The molecule has 0 radical (unpaired) electrons. The normalized spacial score (nSPS) is 10.6. The highest BCUT2D eigenvalue weighted by Gasteiger charge is 2.11. The second-order valence-corrected chi connectivity index (χ2v) is 16.4. The lowest BCUT2D eigenvalue weighted by Crippen LogP contribution is -3.00. The predicted octanol–water partition coefficient (Wildman–Crippen LogP) is -2.84. The number of hydrogen-bond donors (Lipinski definition) is 6. The maximum absolute atomic E-state index is 5.62. The SMILES string of the molecule is COc1ccc(N=Nc2n(C)cc[n+]2C)cc1.Cn1cc[n+](C)c1N=Nc1ccc(NCCN(CCN)CCN)cc1.ICI.NCCN(CCN)CCN.[I-].[I-]. The van der Waals surface area contributed by atoms with Gasteiger partial charge in [0.2, 0.25) is 0 Å². The van der Waals surface area contributed by atoms with Crippen molar-refractivity contribution in [2.75, 3.05) is 93.4 Å². The van der Waals surface area contributed by atoms with Gasteiger partial charge in [0, 0.05) is 94.5 Å². The van der Waals surface area contributed by atoms with Crippen molar-refractivity contribution in [1.29, 1.82) is 0 Å². The number of aromatic nitrogens is 4. The Balaban J connectivity index is 0. The summed E-state index contributed by atoms with van der Waals surface area (Å²) in [5.41, 5.74) is 30.0. The molecular weight excluding hydrogens is 1180 g/mol. The fourth-order valence-corrected chi connectivity index (χ4v) is 4.89. The van der Waals surface area contributed by atoms with Crippen molar-refractivity contribution < 1.29 is 61.8 Å². The average Bonchev–Trinajstić information content (AvgIpc) is 3.68. The molecule has 0 amide bonds. The van der Waals surface area contributed by atoms with Gasteiger partial charge in [0.05, 0.1) is 62.5 Å². The second kappa shape index (κ2) is 36.2. The van der Waals surface area contributed by atoms with E-state index >= 15 is 0 Å². The first-order valence-electron chi connectivity index (χ1n) is 18.0. The van der Waals surface area contributed by atoms with E-state index in [1.165, 1.54) is 2.43 Å². The molecule has 57 heavy (non-hydrogen) atoms. The molecule has 0 fully saturated rings. The van der Waals surface area contributed by atoms with Crippen LogP contribution in [0.15, 0.2) is 93.8 Å². The van der Waals surface area contributed by atoms with Crippen LogP contribution in [0.4, 0.5) is 29.0 Å². The molecule has 17 nitrogen and oxygen atoms in total. The topological polar surface area (TPSA) is 225 Å². The molecule has 4 aromatic rings. The Hall–Kier alpha value is -1.70. The van der Waals surface area contributed by atoms with Crippen LogP contribution in [0.25, 0.3) is 0 Å². The number of halogens is 4. The van der Waals surface area contributed by atoms with Crippen molar-refractivity contribution in [3.05, 3.63) is 73.3 Å². The zero-order chi connectivity index (χ0) is 40.8. The quantitative estimate of drug-likeness (QED) is 0.0246. The first kappa shape index (κ1) is 57.4. The van der Waals surface area contributed by atoms with Gasteiger partial charge in [-0.25, -0.2) is 18.3 Å². The van der Waals surface area contributed by atoms with Gasteiger partial charge in [-0.15, -0.1) is 0 Å². The zero-order valence-corrected chi connectivity index (χ0v) is 42.5. The molecule has 0 saturated heterocycles. The van der Waals surface area contributed by atoms with Crippen LogP contribution in [0.1, 0.15) is 0 Å². The van der Waals surface area contributed by atoms with Crippen LogP contribution in [-0.2, 0) is 28.2 Å². The number of nitrogens with one attached hydrogen (secondary N) is 1. The Kier molecular flexibility index (Phi) is 36.4. The second-order valence-electron chi connectivity index (χ2n) is 11.9. The Morgan fingerprint density at radius 2 is 0.965 bits per heavy atom. The van der Waals surface area contributed by atoms with Crippen LogP contribution in [-0.4, -0.2) is 107 Å². The summed E-state index contributed by atoms with van der Waals surface area (Å²) in [6, 6.07) is 15.4. The molecule has 0 aliphatic heterocycles. The van der Waals surface area contributed by atoms with Gasteiger partial charge in [-0.2, -0.15) is 0 Å². The van der Waals surface area contributed by atoms with Crippen LogP contribution in [0, 0.1) is 0 Å². The molecule has 0 aliphatic carbocycles. The number of alkyl halides is 2. The highest BCUT2D eigenvalue weighted by molar-refractivity contribution is 14.2. The van der Waals surface area contributed by atoms with Gasteiger partial charge < -0.3 is 86.7 Å². The van der Waals surface area contributed by atoms with Crippen LogP contribution >= 0.6 is 45.2 Å². The molecule has 2 heterocycles. The molecule has 0 spiro atoms. The smallest absolute Gasteiger partial charge is 0.421 e. The third-order valence-corrected chi connectivity index (χ3v) is 7.72. The van der Waals surface area contributed by atoms with Crippen molar-refractivity contribution in [2.24, 2.45) is 77.3 Å². The molecule has 4 rings (SSSR count). The van der Waals surface area contributed by atoms with E-state index in [9.17, 15) is 0 Å². The fraction of sp³-hybridized carbons (Fsp3) is 0.500. The molecule has 21 heteroatoms. The fourth-order valence-electron chi connectivity index (χ4n) is 4.89. The van der Waals surface area contributed by atoms with Gasteiger partial charge in [-0.3, -0.25) is 9.80 Å². The molecule has 0 bridgehead atoms. The Morgan fingerprint density at radius 3 is 1.28 bits per heavy atom. The molecule has 0 saturated carbocycles. The van der Waals surface area contributed by atoms with Crippen molar-refractivity contribution in [3.63, 3.8) is 0 Å². The van der Waals surface area contributed by atoms with Crippen LogP contribution < -0.4 is 95.8 Å². The number of azo groups is 2. The molecule has 11 N–H and O–H groups in total. The molecule has 0 atom stereocenters. The van der Waals surface area contributed by atoms with Gasteiger partial charge in [-0.1, -0.05) is 55.4 Å². The number of nitrogens with two attached hydrogens (primary N) is 5. The monoisotopic (exact) mass is 1240 g/mol. The summed E-state index contributed by atoms with van der Waals surface area (Å²) < 4.78 is 13.9. The van der Waals surface area contributed by atoms with Gasteiger partial charge in [-0.05, 0) is 48.5 Å². The molecular formula is C36H64I4N16O. The number of anilines is 1. The van der Waals surface area contributed by atoms with Gasteiger partial charge in [0.25, 0.3) is 0 Å². The van der Waals surface area contributed by atoms with Crippen LogP contribution in [0.2, 0.25) is 0 Å². The number of benzene rings is 2. The van der Waals surface area contributed by atoms with E-state index in [0.717, 1.165) is 80.5 Å². The average molecular weight is 1240 g/mol. The van der Waals surface area contributed by atoms with Crippen molar-refractivity contribution in [1.82, 2.24) is 18.9 Å². The summed E-state index contributed by atoms with van der Waals surface area (Å²) in [5.74, 6) is 2.40. The van der Waals surface area contributed by atoms with Gasteiger partial charge in [0.1, 0.15) is 17.1 Å². The number of ether oxygens (including phenoxy) is 1. The minimum Gasteiger partial charge on any atom is -1.00 e. The lowest BCUT2D eigenvalue weighted by Gasteiger charge is -2.21. The summed E-state index contributed by atoms with van der Waals surface area (Å²) in [4.78, 5) is 4.43. The first-order valence-corrected chi connectivity index (χ1v) is 21.1. The summed E-state index contributed by atoms with van der Waals surface area (Å²) in [5, 5.41) is 20.4. The number of hydrogen-bond acceptors (Lipinski definition) is 13. The van der Waals surface area contributed by atoms with E-state index in [1.807, 2.05) is 120 Å². The van der Waals surface area contributed by atoms with Crippen molar-refractivity contribution >= 4 is 74.1 Å². The summed E-state index contributed by atoms with van der Waals surface area (Å²) in [6.07, 6.45) is 7.75. The number of imidazole rings is 2. The summed E-state index contributed by atoms with van der Waals surface area (Å²) in [6.45, 7) is 9.54. The van der Waals surface area contributed by atoms with Gasteiger partial charge in [0.15, 0.2) is 0 Å². The van der Waals surface area contributed by atoms with E-state index < -0.39 is 0 Å². The highest BCUT2D eigenvalue weighted by atomic mass is 127. The Morgan fingerprint density at radius 1 is 0.614 bits per heavy atom. The lowest BCUT2D eigenvalue weighted by molar-refractivity contribution is -0.657. The zero-order valence-electron chi connectivity index (χ0n) is 33.9. The molecule has 0 aliphatic rings. The predicted molar refractivity (Wildman–Crippen MR) is 241 cm³/mol. The molecule has 0 unspecified atom stereocenters. The molecule has 322 valence electrons. The largest absolute Gasteiger partial charge is 1.00 e. The van der Waals surface area contributed by atoms with Crippen molar-refractivity contribution in [2.45, 2.75) is 0 Å². The standard InChI is InChI=1S/C17H28N8.C12H15N4O.C6H18N4.CH2I2.2HI/c1-23-13-14-24(2)17(23)22-21-16-5-3-15(4-6-16)20-9-12-25(10-7-18)11-8-19;1-15-8-9-16(2)12(15)14-13-10-4-6-11(17-3)7-5-10;7-1-4-10(5-2-8)6-3-9;2-1-3;;/h3-6,13-14H,7-12,18-19H2,1-2H3;4-9H,1-3H3;1-9H2;1H2;2*1H/q;+1;;;;/p-1. The lowest BCUT2D eigenvalue weighted by atomic mass is 10.3. The summed E-state index contributed by atoms with van der Waals surface area (Å²) in [7, 11) is 9.39. The number of aryl methyl sites for hydroxylation is 4. The van der Waals surface area contributed by atoms with Crippen LogP contribution in [0.3, 0.4) is 0 Å². The minimum absolute atomic E-state index is 0. The molecule has 2 aromatic heterocycles. The first-order chi connectivity index (χ1) is 26.6. The van der Waals surface area contributed by atoms with E-state index in [-0.39, 0.29) is 48.0 Å². The summed E-state index contributed by atoms with van der Waals surface area (Å²) >= 11 is 4.55. The van der Waals surface area contributed by atoms with E-state index in [4.69, 9.17) is 33.4 Å². The van der Waals surface area contributed by atoms with E-state index in [2.05, 4.69) is 80.8 Å². The Labute approximate surface area is 400 Å². The Bertz CT molecular complexity index is 1550. The van der Waals surface area contributed by atoms with E-state index in [1.54, 1.807) is 7.11 Å². The minimum atomic E-state index is 0. The third kappa shape index (κ3) is 24.9. The maximum Gasteiger partial charge on any atom is 0.421 e. The highest BCUT2D eigenvalue weighted by Crippen LogP contribution is 2.20. The van der Waals surface area contributed by atoms with E-state index in [0.29, 0.717) is 32.7 Å². The third-order valence-electron chi connectivity index (χ3n) is 7.72. The van der Waals surface area contributed by atoms with Crippen molar-refractivity contribution in [3.8, 4) is 5.75 Å².